The Balaban J connectivity index is 1.95. The number of rotatable bonds is 7. The molecule has 0 radical (unpaired) electrons. The SMILES string of the molecule is Cc1ccc2cc(CNC[C@@H](O)COC(C)C)c(=O)[nH]c2c1. The maximum atomic E-state index is 12.1. The summed E-state index contributed by atoms with van der Waals surface area (Å²) in [5.74, 6) is 0. The number of aliphatic hydroxyl groups is 1. The number of benzene rings is 1. The monoisotopic (exact) mass is 304 g/mol. The van der Waals surface area contributed by atoms with Crippen LogP contribution in [0.2, 0.25) is 0 Å². The number of ether oxygens (including phenoxy) is 1. The molecule has 1 aromatic carbocycles. The highest BCUT2D eigenvalue weighted by Crippen LogP contribution is 2.12. The van der Waals surface area contributed by atoms with Crippen molar-refractivity contribution in [2.75, 3.05) is 13.2 Å². The van der Waals surface area contributed by atoms with Gasteiger partial charge in [0.25, 0.3) is 5.56 Å². The Morgan fingerprint density at radius 1 is 1.32 bits per heavy atom. The number of aromatic nitrogens is 1. The van der Waals surface area contributed by atoms with E-state index in [2.05, 4.69) is 10.3 Å². The quantitative estimate of drug-likeness (QED) is 0.728. The molecule has 120 valence electrons. The number of fused-ring (bicyclic) bond motifs is 1. The molecule has 0 unspecified atom stereocenters. The number of aliphatic hydroxyl groups excluding tert-OH is 1. The van der Waals surface area contributed by atoms with Crippen molar-refractivity contribution in [1.29, 1.82) is 0 Å². The van der Waals surface area contributed by atoms with Crippen molar-refractivity contribution in [3.05, 3.63) is 45.7 Å². The molecule has 0 saturated carbocycles. The van der Waals surface area contributed by atoms with Crippen molar-refractivity contribution >= 4 is 10.9 Å². The molecular weight excluding hydrogens is 280 g/mol. The maximum Gasteiger partial charge on any atom is 0.252 e. The summed E-state index contributed by atoms with van der Waals surface area (Å²) in [4.78, 5) is 14.9. The Bertz CT molecular complexity index is 679. The smallest absolute Gasteiger partial charge is 0.252 e. The van der Waals surface area contributed by atoms with E-state index in [9.17, 15) is 9.90 Å². The predicted molar refractivity (Wildman–Crippen MR) is 88.1 cm³/mol. The molecule has 3 N–H and O–H groups in total. The van der Waals surface area contributed by atoms with E-state index >= 15 is 0 Å². The van der Waals surface area contributed by atoms with Gasteiger partial charge in [0, 0.05) is 24.2 Å². The van der Waals surface area contributed by atoms with E-state index in [1.165, 1.54) is 0 Å². The van der Waals surface area contributed by atoms with Gasteiger partial charge in [0.05, 0.1) is 18.8 Å². The normalized spacial score (nSPS) is 13.0. The summed E-state index contributed by atoms with van der Waals surface area (Å²) in [6.07, 6.45) is -0.481. The highest BCUT2D eigenvalue weighted by atomic mass is 16.5. The summed E-state index contributed by atoms with van der Waals surface area (Å²) in [6, 6.07) is 7.86. The molecule has 5 nitrogen and oxygen atoms in total. The van der Waals surface area contributed by atoms with Crippen LogP contribution in [0.5, 0.6) is 0 Å². The second-order valence-electron chi connectivity index (χ2n) is 5.88. The molecule has 22 heavy (non-hydrogen) atoms. The van der Waals surface area contributed by atoms with Gasteiger partial charge in [-0.3, -0.25) is 4.79 Å². The van der Waals surface area contributed by atoms with E-state index in [-0.39, 0.29) is 18.3 Å². The first kappa shape index (κ1) is 16.7. The minimum Gasteiger partial charge on any atom is -0.389 e. The zero-order valence-electron chi connectivity index (χ0n) is 13.3. The molecule has 1 heterocycles. The summed E-state index contributed by atoms with van der Waals surface area (Å²) in [6.45, 7) is 6.94. The summed E-state index contributed by atoms with van der Waals surface area (Å²) >= 11 is 0. The number of aromatic amines is 1. The lowest BCUT2D eigenvalue weighted by atomic mass is 10.1. The van der Waals surface area contributed by atoms with Gasteiger partial charge in [0.15, 0.2) is 0 Å². The lowest BCUT2D eigenvalue weighted by Crippen LogP contribution is -2.32. The standard InChI is InChI=1S/C17H24N2O3/c1-11(2)22-10-15(20)9-18-8-14-7-13-5-4-12(3)6-16(13)19-17(14)21/h4-7,11,15,18,20H,8-10H2,1-3H3,(H,19,21)/t15-/m1/s1. The van der Waals surface area contributed by atoms with Crippen LogP contribution in [0.25, 0.3) is 10.9 Å². The summed E-state index contributed by atoms with van der Waals surface area (Å²) in [7, 11) is 0. The van der Waals surface area contributed by atoms with Crippen molar-refractivity contribution in [3.8, 4) is 0 Å². The molecule has 0 fully saturated rings. The Labute approximate surface area is 130 Å². The van der Waals surface area contributed by atoms with Crippen LogP contribution < -0.4 is 10.9 Å². The van der Waals surface area contributed by atoms with Gasteiger partial charge in [-0.2, -0.15) is 0 Å². The molecule has 2 aromatic rings. The molecule has 2 rings (SSSR count). The Kier molecular flexibility index (Phi) is 5.71. The van der Waals surface area contributed by atoms with Gasteiger partial charge in [-0.1, -0.05) is 12.1 Å². The first-order valence-electron chi connectivity index (χ1n) is 7.58. The second kappa shape index (κ2) is 7.54. The van der Waals surface area contributed by atoms with Crippen molar-refractivity contribution in [3.63, 3.8) is 0 Å². The second-order valence-corrected chi connectivity index (χ2v) is 5.88. The third-order valence-corrected chi connectivity index (χ3v) is 3.40. The molecule has 1 atom stereocenters. The van der Waals surface area contributed by atoms with Crippen molar-refractivity contribution in [2.24, 2.45) is 0 Å². The molecule has 0 aliphatic heterocycles. The van der Waals surface area contributed by atoms with Gasteiger partial charge in [-0.05, 0) is 43.9 Å². The first-order chi connectivity index (χ1) is 10.5. The largest absolute Gasteiger partial charge is 0.389 e. The predicted octanol–water partition coefficient (Wildman–Crippen LogP) is 1.71. The Morgan fingerprint density at radius 2 is 2.09 bits per heavy atom. The van der Waals surface area contributed by atoms with E-state index in [1.807, 2.05) is 45.0 Å². The third-order valence-electron chi connectivity index (χ3n) is 3.40. The number of pyridine rings is 1. The van der Waals surface area contributed by atoms with Crippen LogP contribution in [0.1, 0.15) is 25.0 Å². The number of hydrogen-bond donors (Lipinski definition) is 3. The van der Waals surface area contributed by atoms with Gasteiger partial charge >= 0.3 is 0 Å². The van der Waals surface area contributed by atoms with Gasteiger partial charge in [0.1, 0.15) is 0 Å². The molecular formula is C17H24N2O3. The fourth-order valence-corrected chi connectivity index (χ4v) is 2.23. The van der Waals surface area contributed by atoms with Crippen molar-refractivity contribution < 1.29 is 9.84 Å². The fourth-order valence-electron chi connectivity index (χ4n) is 2.23. The lowest BCUT2D eigenvalue weighted by molar-refractivity contribution is 0.00629. The van der Waals surface area contributed by atoms with Crippen LogP contribution in [0.3, 0.4) is 0 Å². The van der Waals surface area contributed by atoms with Crippen LogP contribution in [0, 0.1) is 6.92 Å². The van der Waals surface area contributed by atoms with Gasteiger partial charge in [-0.25, -0.2) is 0 Å². The zero-order chi connectivity index (χ0) is 16.1. The molecule has 1 aromatic heterocycles. The molecule has 0 bridgehead atoms. The van der Waals surface area contributed by atoms with E-state index in [1.54, 1.807) is 0 Å². The summed E-state index contributed by atoms with van der Waals surface area (Å²) < 4.78 is 5.34. The Morgan fingerprint density at radius 3 is 2.82 bits per heavy atom. The van der Waals surface area contributed by atoms with E-state index in [0.29, 0.717) is 18.7 Å². The van der Waals surface area contributed by atoms with Crippen LogP contribution in [-0.4, -0.2) is 35.5 Å². The van der Waals surface area contributed by atoms with Crippen LogP contribution >= 0.6 is 0 Å². The van der Waals surface area contributed by atoms with Crippen molar-refractivity contribution in [1.82, 2.24) is 10.3 Å². The number of nitrogens with one attached hydrogen (secondary N) is 2. The summed E-state index contributed by atoms with van der Waals surface area (Å²) in [5.41, 5.74) is 2.52. The minimum atomic E-state index is -0.579. The molecule has 5 heteroatoms. The van der Waals surface area contributed by atoms with E-state index in [0.717, 1.165) is 16.5 Å². The molecule has 0 aliphatic carbocycles. The summed E-state index contributed by atoms with van der Waals surface area (Å²) in [5, 5.41) is 13.9. The molecule has 0 spiro atoms. The molecule has 0 amide bonds. The lowest BCUT2D eigenvalue weighted by Gasteiger charge is -2.14. The van der Waals surface area contributed by atoms with Gasteiger partial charge in [0.2, 0.25) is 0 Å². The number of hydrogen-bond acceptors (Lipinski definition) is 4. The van der Waals surface area contributed by atoms with E-state index < -0.39 is 6.10 Å². The van der Waals surface area contributed by atoms with E-state index in [4.69, 9.17) is 4.74 Å². The first-order valence-corrected chi connectivity index (χ1v) is 7.58. The van der Waals surface area contributed by atoms with Gasteiger partial charge < -0.3 is 20.1 Å². The zero-order valence-corrected chi connectivity index (χ0v) is 13.3. The number of aryl methyl sites for hydroxylation is 1. The topological polar surface area (TPSA) is 74.3 Å². The molecule has 0 saturated heterocycles. The molecule has 0 aliphatic rings. The highest BCUT2D eigenvalue weighted by molar-refractivity contribution is 5.79. The van der Waals surface area contributed by atoms with Crippen LogP contribution in [0.4, 0.5) is 0 Å². The fraction of sp³-hybridized carbons (Fsp3) is 0.471. The third kappa shape index (κ3) is 4.66. The minimum absolute atomic E-state index is 0.0986. The highest BCUT2D eigenvalue weighted by Gasteiger charge is 2.07. The maximum absolute atomic E-state index is 12.1. The van der Waals surface area contributed by atoms with Crippen LogP contribution in [0.15, 0.2) is 29.1 Å². The number of H-pyrrole nitrogens is 1. The average molecular weight is 304 g/mol. The Hall–Kier alpha value is -1.69. The van der Waals surface area contributed by atoms with Crippen LogP contribution in [-0.2, 0) is 11.3 Å². The van der Waals surface area contributed by atoms with Crippen molar-refractivity contribution in [2.45, 2.75) is 39.5 Å². The van der Waals surface area contributed by atoms with Gasteiger partial charge in [-0.15, -0.1) is 0 Å². The average Bonchev–Trinajstić information content (AvgIpc) is 2.45.